The number of hydrogen-bond donors (Lipinski definition) is 2. The van der Waals surface area contributed by atoms with Gasteiger partial charge < -0.3 is 10.4 Å². The highest BCUT2D eigenvalue weighted by Gasteiger charge is 2.45. The minimum atomic E-state index is -1.46. The van der Waals surface area contributed by atoms with Crippen molar-refractivity contribution < 1.29 is 9.90 Å². The van der Waals surface area contributed by atoms with Gasteiger partial charge in [-0.05, 0) is 44.3 Å². The second kappa shape index (κ2) is 9.92. The minimum absolute atomic E-state index is 0.0324. The molecule has 1 aliphatic carbocycles. The highest BCUT2D eigenvalue weighted by molar-refractivity contribution is 5.87. The molecule has 2 aliphatic rings. The maximum atomic E-state index is 13.0. The fraction of sp³-hybridized carbons (Fsp3) is 0.609. The van der Waals surface area contributed by atoms with Crippen molar-refractivity contribution in [3.05, 3.63) is 35.9 Å². The summed E-state index contributed by atoms with van der Waals surface area (Å²) in [6, 6.07) is 9.39. The van der Waals surface area contributed by atoms with Gasteiger partial charge in [0.15, 0.2) is 5.60 Å². The molecule has 1 unspecified atom stereocenters. The van der Waals surface area contributed by atoms with Gasteiger partial charge in [-0.3, -0.25) is 9.69 Å². The molecular formula is C23H32N2O2. The Hall–Kier alpha value is -1.83. The zero-order valence-corrected chi connectivity index (χ0v) is 16.3. The Kier molecular flexibility index (Phi) is 7.32. The number of hydrogen-bond acceptors (Lipinski definition) is 3. The van der Waals surface area contributed by atoms with Gasteiger partial charge in [0, 0.05) is 5.92 Å². The molecule has 1 aliphatic heterocycles. The van der Waals surface area contributed by atoms with Gasteiger partial charge in [0.25, 0.3) is 5.91 Å². The summed E-state index contributed by atoms with van der Waals surface area (Å²) in [5, 5.41) is 14.3. The van der Waals surface area contributed by atoms with Crippen LogP contribution in [0.2, 0.25) is 0 Å². The molecule has 2 fully saturated rings. The lowest BCUT2D eigenvalue weighted by Crippen LogP contribution is -2.50. The van der Waals surface area contributed by atoms with E-state index in [1.807, 2.05) is 30.3 Å². The molecule has 1 heterocycles. The molecule has 4 heteroatoms. The second-order valence-electron chi connectivity index (χ2n) is 7.84. The van der Waals surface area contributed by atoms with E-state index < -0.39 is 5.60 Å². The number of nitrogens with one attached hydrogen (secondary N) is 1. The number of amides is 1. The van der Waals surface area contributed by atoms with E-state index in [-0.39, 0.29) is 18.4 Å². The molecule has 0 aromatic heterocycles. The summed E-state index contributed by atoms with van der Waals surface area (Å²) in [6.07, 6.45) is 8.93. The quantitative estimate of drug-likeness (QED) is 0.786. The lowest BCUT2D eigenvalue weighted by atomic mass is 9.73. The highest BCUT2D eigenvalue weighted by atomic mass is 16.3. The first kappa shape index (κ1) is 19.9. The number of aliphatic hydroxyl groups is 1. The van der Waals surface area contributed by atoms with Crippen LogP contribution in [-0.4, -0.2) is 42.1 Å². The van der Waals surface area contributed by atoms with E-state index in [9.17, 15) is 9.90 Å². The van der Waals surface area contributed by atoms with Crippen LogP contribution in [0.3, 0.4) is 0 Å². The molecule has 1 aromatic rings. The smallest absolute Gasteiger partial charge is 0.257 e. The third-order valence-electron chi connectivity index (χ3n) is 5.97. The minimum Gasteiger partial charge on any atom is -0.375 e. The van der Waals surface area contributed by atoms with E-state index in [4.69, 9.17) is 0 Å². The van der Waals surface area contributed by atoms with Gasteiger partial charge in [-0.25, -0.2) is 0 Å². The van der Waals surface area contributed by atoms with Gasteiger partial charge in [-0.1, -0.05) is 67.9 Å². The molecule has 146 valence electrons. The fourth-order valence-electron chi connectivity index (χ4n) is 4.37. The summed E-state index contributed by atoms with van der Waals surface area (Å²) < 4.78 is 0. The summed E-state index contributed by atoms with van der Waals surface area (Å²) in [7, 11) is 0. The molecule has 3 rings (SSSR count). The third-order valence-corrected chi connectivity index (χ3v) is 5.97. The zero-order valence-electron chi connectivity index (χ0n) is 16.3. The van der Waals surface area contributed by atoms with Crippen LogP contribution in [0.4, 0.5) is 0 Å². The zero-order chi connectivity index (χ0) is 19.0. The van der Waals surface area contributed by atoms with E-state index in [2.05, 4.69) is 22.1 Å². The number of benzene rings is 1. The summed E-state index contributed by atoms with van der Waals surface area (Å²) in [6.45, 7) is 3.29. The standard InChI is InChI=1S/C23H32N2O2/c26-22(24-16-8-11-19-25-17-9-3-10-18-25)23(27,20-12-4-1-5-13-20)21-14-6-2-7-15-21/h1,4-5,12-13,21,27H,2-3,6-7,9-10,14-19H2,(H,24,26). The van der Waals surface area contributed by atoms with Gasteiger partial charge in [0.05, 0.1) is 13.1 Å². The molecule has 1 amide bonds. The Labute approximate surface area is 163 Å². The first-order valence-corrected chi connectivity index (χ1v) is 10.5. The van der Waals surface area contributed by atoms with Crippen molar-refractivity contribution in [2.24, 2.45) is 5.92 Å². The summed E-state index contributed by atoms with van der Waals surface area (Å²) >= 11 is 0. The van der Waals surface area contributed by atoms with Crippen molar-refractivity contribution in [2.45, 2.75) is 57.0 Å². The topological polar surface area (TPSA) is 52.6 Å². The van der Waals surface area contributed by atoms with Crippen LogP contribution in [0, 0.1) is 17.8 Å². The van der Waals surface area contributed by atoms with Crippen LogP contribution in [0.25, 0.3) is 0 Å². The Morgan fingerprint density at radius 3 is 2.41 bits per heavy atom. The first-order valence-electron chi connectivity index (χ1n) is 10.5. The molecule has 2 N–H and O–H groups in total. The lowest BCUT2D eigenvalue weighted by molar-refractivity contribution is -0.149. The van der Waals surface area contributed by atoms with Crippen LogP contribution in [0.15, 0.2) is 30.3 Å². The molecule has 0 spiro atoms. The Morgan fingerprint density at radius 1 is 1.04 bits per heavy atom. The SMILES string of the molecule is O=C(NCC#CCN1CCCCC1)C(O)(c1ccccc1)C1CCCCC1. The number of carbonyl (C=O) groups excluding carboxylic acids is 1. The van der Waals surface area contributed by atoms with Gasteiger partial charge in [0.1, 0.15) is 0 Å². The molecular weight excluding hydrogens is 336 g/mol. The van der Waals surface area contributed by atoms with Crippen LogP contribution < -0.4 is 5.32 Å². The summed E-state index contributed by atoms with van der Waals surface area (Å²) in [5.41, 5.74) is -0.772. The predicted molar refractivity (Wildman–Crippen MR) is 108 cm³/mol. The normalized spacial score (nSPS) is 20.9. The van der Waals surface area contributed by atoms with E-state index in [1.165, 1.54) is 25.7 Å². The number of rotatable bonds is 5. The van der Waals surface area contributed by atoms with E-state index in [0.717, 1.165) is 45.3 Å². The van der Waals surface area contributed by atoms with Crippen LogP contribution in [0.5, 0.6) is 0 Å². The van der Waals surface area contributed by atoms with E-state index >= 15 is 0 Å². The van der Waals surface area contributed by atoms with Crippen molar-refractivity contribution in [3.63, 3.8) is 0 Å². The second-order valence-corrected chi connectivity index (χ2v) is 7.84. The average molecular weight is 369 g/mol. The van der Waals surface area contributed by atoms with Gasteiger partial charge in [0.2, 0.25) is 0 Å². The molecule has 4 nitrogen and oxygen atoms in total. The van der Waals surface area contributed by atoms with Crippen molar-refractivity contribution in [1.29, 1.82) is 0 Å². The first-order chi connectivity index (χ1) is 13.2. The van der Waals surface area contributed by atoms with Crippen LogP contribution in [-0.2, 0) is 10.4 Å². The van der Waals surface area contributed by atoms with E-state index in [0.29, 0.717) is 5.56 Å². The van der Waals surface area contributed by atoms with Crippen molar-refractivity contribution in [3.8, 4) is 11.8 Å². The van der Waals surface area contributed by atoms with Gasteiger partial charge in [-0.2, -0.15) is 0 Å². The maximum Gasteiger partial charge on any atom is 0.257 e. The Bertz CT molecular complexity index is 652. The molecule has 0 bridgehead atoms. The summed E-state index contributed by atoms with van der Waals surface area (Å²) in [5.74, 6) is 5.87. The number of nitrogens with zero attached hydrogens (tertiary/aromatic N) is 1. The average Bonchev–Trinajstić information content (AvgIpc) is 2.74. The molecule has 1 saturated carbocycles. The van der Waals surface area contributed by atoms with Crippen molar-refractivity contribution >= 4 is 5.91 Å². The Morgan fingerprint density at radius 2 is 1.70 bits per heavy atom. The monoisotopic (exact) mass is 368 g/mol. The molecule has 0 radical (unpaired) electrons. The fourth-order valence-corrected chi connectivity index (χ4v) is 4.37. The number of piperidine rings is 1. The number of carbonyl (C=O) groups is 1. The summed E-state index contributed by atoms with van der Waals surface area (Å²) in [4.78, 5) is 15.4. The third kappa shape index (κ3) is 5.12. The van der Waals surface area contributed by atoms with Gasteiger partial charge >= 0.3 is 0 Å². The van der Waals surface area contributed by atoms with Gasteiger partial charge in [-0.15, -0.1) is 0 Å². The lowest BCUT2D eigenvalue weighted by Gasteiger charge is -2.37. The molecule has 1 atom stereocenters. The number of likely N-dealkylation sites (tertiary alicyclic amines) is 1. The maximum absolute atomic E-state index is 13.0. The molecule has 27 heavy (non-hydrogen) atoms. The van der Waals surface area contributed by atoms with Crippen LogP contribution >= 0.6 is 0 Å². The van der Waals surface area contributed by atoms with Crippen molar-refractivity contribution in [1.82, 2.24) is 10.2 Å². The van der Waals surface area contributed by atoms with Crippen LogP contribution in [0.1, 0.15) is 56.9 Å². The van der Waals surface area contributed by atoms with E-state index in [1.54, 1.807) is 0 Å². The largest absolute Gasteiger partial charge is 0.375 e. The Balaban J connectivity index is 1.61. The highest BCUT2D eigenvalue weighted by Crippen LogP contribution is 2.39. The predicted octanol–water partition coefficient (Wildman–Crippen LogP) is 3.06. The molecule has 1 saturated heterocycles. The molecule has 1 aromatic carbocycles. The van der Waals surface area contributed by atoms with Crippen molar-refractivity contribution in [2.75, 3.05) is 26.2 Å².